The second kappa shape index (κ2) is 10.0. The smallest absolute Gasteiger partial charge is 0.340 e. The Labute approximate surface area is 200 Å². The van der Waals surface area contributed by atoms with E-state index >= 15 is 4.39 Å². The zero-order valence-corrected chi connectivity index (χ0v) is 20.9. The molecule has 13 nitrogen and oxygen atoms in total. The number of hydrogen-bond donors (Lipinski definition) is 5. The molecule has 5 N–H and O–H groups in total. The van der Waals surface area contributed by atoms with Gasteiger partial charge in [0.1, 0.15) is 29.3 Å². The summed E-state index contributed by atoms with van der Waals surface area (Å²) in [6, 6.07) is 0.302. The van der Waals surface area contributed by atoms with Crippen molar-refractivity contribution in [2.45, 2.75) is 56.2 Å². The zero-order valence-electron chi connectivity index (χ0n) is 19.2. The number of methoxy groups -OCH3 is 1. The molecule has 0 amide bonds. The zero-order chi connectivity index (χ0) is 25.5. The maximum Gasteiger partial charge on any atom is 0.340 e. The van der Waals surface area contributed by atoms with Crippen molar-refractivity contribution in [3.63, 3.8) is 0 Å². The van der Waals surface area contributed by atoms with Gasteiger partial charge >= 0.3 is 21.2 Å². The van der Waals surface area contributed by atoms with Gasteiger partial charge in [-0.25, -0.2) is 4.39 Å². The van der Waals surface area contributed by atoms with E-state index in [9.17, 15) is 19.1 Å². The number of fused-ring (bicyclic) bond motifs is 1. The van der Waals surface area contributed by atoms with Gasteiger partial charge in [0, 0.05) is 24.8 Å². The number of nitrogens with one attached hydrogen (secondary N) is 1. The lowest BCUT2D eigenvalue weighted by molar-refractivity contribution is -0.0181. The minimum Gasteiger partial charge on any atom is -0.467 e. The summed E-state index contributed by atoms with van der Waals surface area (Å²) < 4.78 is 55.5. The molecule has 4 rings (SSSR count). The van der Waals surface area contributed by atoms with E-state index in [1.165, 1.54) is 7.11 Å². The highest BCUT2D eigenvalue weighted by Gasteiger charge is 2.47. The van der Waals surface area contributed by atoms with E-state index in [1.807, 2.05) is 0 Å². The van der Waals surface area contributed by atoms with Crippen LogP contribution in [-0.4, -0.2) is 78.4 Å². The molecule has 1 saturated carbocycles. The topological polar surface area (TPSA) is 185 Å². The van der Waals surface area contributed by atoms with Gasteiger partial charge in [-0.15, -0.1) is 0 Å². The van der Waals surface area contributed by atoms with Gasteiger partial charge in [-0.2, -0.15) is 9.97 Å². The molecule has 35 heavy (non-hydrogen) atoms. The van der Waals surface area contributed by atoms with Crippen molar-refractivity contribution in [2.75, 3.05) is 24.9 Å². The highest BCUT2D eigenvalue weighted by atomic mass is 31.2. The number of hydrogen-bond acceptors (Lipinski definition) is 9. The monoisotopic (exact) mass is 538 g/mol. The average Bonchev–Trinajstić information content (AvgIpc) is 3.45. The lowest BCUT2D eigenvalue weighted by Crippen LogP contribution is -2.31. The molecule has 1 aliphatic carbocycles. The highest BCUT2D eigenvalue weighted by molar-refractivity contribution is 7.70. The Kier molecular flexibility index (Phi) is 7.57. The summed E-state index contributed by atoms with van der Waals surface area (Å²) in [6.07, 6.45) is -0.484. The third-order valence-corrected chi connectivity index (χ3v) is 9.58. The minimum absolute atomic E-state index is 0.0675. The van der Waals surface area contributed by atoms with Crippen molar-refractivity contribution in [1.29, 1.82) is 0 Å². The van der Waals surface area contributed by atoms with Crippen LogP contribution in [0.15, 0.2) is 6.20 Å². The average molecular weight is 538 g/mol. The molecule has 196 valence electrons. The standard InChI is InChI=1S/C19H29FN4O9P2/c1-24-7-11(14-15(24)18(23-19(22-14)31-2)21-10-5-3-4-6-10)17-13(20)16(25)12(33-17)8-32-35(29,30)9-34(26,27)28/h7,10,12-13,16-17,25H,3-6,8-9H2,1-2H3,(H,29,30)(H,21,22,23)(H2,26,27,28)/t12-,13+,16-,17+/m1/s1. The molecule has 1 aliphatic heterocycles. The highest BCUT2D eigenvalue weighted by Crippen LogP contribution is 2.55. The molecule has 0 spiro atoms. The Hall–Kier alpha value is -1.63. The molecule has 2 fully saturated rings. The molecule has 0 radical (unpaired) electrons. The number of ether oxygens (including phenoxy) is 2. The number of alkyl halides is 1. The van der Waals surface area contributed by atoms with Crippen molar-refractivity contribution >= 4 is 32.0 Å². The Morgan fingerprint density at radius 1 is 1.26 bits per heavy atom. The van der Waals surface area contributed by atoms with Gasteiger partial charge in [-0.1, -0.05) is 12.8 Å². The summed E-state index contributed by atoms with van der Waals surface area (Å²) in [6.45, 7) is -0.747. The predicted molar refractivity (Wildman–Crippen MR) is 122 cm³/mol. The fraction of sp³-hybridized carbons (Fsp3) is 0.684. The van der Waals surface area contributed by atoms with Gasteiger partial charge in [0.25, 0.3) is 0 Å². The first-order valence-corrected chi connectivity index (χ1v) is 14.6. The molecule has 3 heterocycles. The van der Waals surface area contributed by atoms with Crippen LogP contribution in [0.5, 0.6) is 6.01 Å². The molecule has 16 heteroatoms. The molecule has 0 aromatic carbocycles. The number of nitrogens with zero attached hydrogens (tertiary/aromatic N) is 3. The lowest BCUT2D eigenvalue weighted by atomic mass is 10.0. The van der Waals surface area contributed by atoms with Crippen molar-refractivity contribution in [2.24, 2.45) is 7.05 Å². The number of aliphatic hydroxyl groups is 1. The van der Waals surface area contributed by atoms with E-state index in [-0.39, 0.29) is 12.1 Å². The summed E-state index contributed by atoms with van der Waals surface area (Å²) in [5.74, 6) is -0.873. The Balaban J connectivity index is 1.60. The molecule has 0 bridgehead atoms. The van der Waals surface area contributed by atoms with Crippen LogP contribution in [0.3, 0.4) is 0 Å². The molecule has 2 aliphatic rings. The first-order chi connectivity index (χ1) is 16.4. The number of aryl methyl sites for hydroxylation is 1. The van der Waals surface area contributed by atoms with E-state index in [4.69, 9.17) is 23.8 Å². The maximum atomic E-state index is 15.2. The molecular formula is C19H29FN4O9P2. The summed E-state index contributed by atoms with van der Waals surface area (Å²) in [4.78, 5) is 36.3. The van der Waals surface area contributed by atoms with Crippen molar-refractivity contribution in [3.05, 3.63) is 11.8 Å². The third-order valence-electron chi connectivity index (χ3n) is 6.13. The first-order valence-electron chi connectivity index (χ1n) is 11.0. The fourth-order valence-corrected chi connectivity index (χ4v) is 7.11. The quantitative estimate of drug-likeness (QED) is 0.292. The second-order valence-electron chi connectivity index (χ2n) is 8.85. The molecule has 2 aromatic heterocycles. The third kappa shape index (κ3) is 5.86. The Morgan fingerprint density at radius 3 is 2.57 bits per heavy atom. The van der Waals surface area contributed by atoms with E-state index in [2.05, 4.69) is 15.3 Å². The van der Waals surface area contributed by atoms with E-state index < -0.39 is 52.2 Å². The Morgan fingerprint density at radius 2 is 1.94 bits per heavy atom. The molecular weight excluding hydrogens is 509 g/mol. The van der Waals surface area contributed by atoms with E-state index in [0.29, 0.717) is 22.4 Å². The van der Waals surface area contributed by atoms with Crippen molar-refractivity contribution in [3.8, 4) is 6.01 Å². The van der Waals surface area contributed by atoms with Gasteiger partial charge in [0.2, 0.25) is 0 Å². The van der Waals surface area contributed by atoms with Crippen LogP contribution in [0.1, 0.15) is 37.4 Å². The van der Waals surface area contributed by atoms with Crippen molar-refractivity contribution in [1.82, 2.24) is 14.5 Å². The number of aliphatic hydroxyl groups excluding tert-OH is 1. The number of anilines is 1. The second-order valence-corrected chi connectivity index (χ2v) is 12.8. The van der Waals surface area contributed by atoms with Crippen LogP contribution in [0, 0.1) is 0 Å². The predicted octanol–water partition coefficient (Wildman–Crippen LogP) is 1.81. The molecule has 1 unspecified atom stereocenters. The number of aromatic nitrogens is 3. The van der Waals surface area contributed by atoms with Crippen molar-refractivity contribution < 1.29 is 47.3 Å². The van der Waals surface area contributed by atoms with E-state index in [0.717, 1.165) is 25.7 Å². The Bertz CT molecular complexity index is 1170. The largest absolute Gasteiger partial charge is 0.467 e. The number of halogens is 1. The van der Waals surface area contributed by atoms with Gasteiger partial charge in [0.15, 0.2) is 17.9 Å². The lowest BCUT2D eigenvalue weighted by Gasteiger charge is -2.18. The van der Waals surface area contributed by atoms with Gasteiger partial charge in [-0.3, -0.25) is 9.13 Å². The van der Waals surface area contributed by atoms with E-state index in [1.54, 1.807) is 17.8 Å². The molecule has 1 saturated heterocycles. The fourth-order valence-electron chi connectivity index (χ4n) is 4.54. The first kappa shape index (κ1) is 26.4. The molecule has 2 aromatic rings. The van der Waals surface area contributed by atoms with Gasteiger partial charge in [-0.05, 0) is 12.8 Å². The van der Waals surface area contributed by atoms with Crippen LogP contribution in [0.2, 0.25) is 0 Å². The van der Waals surface area contributed by atoms with Gasteiger partial charge < -0.3 is 43.7 Å². The summed E-state index contributed by atoms with van der Waals surface area (Å²) >= 11 is 0. The molecule has 5 atom stereocenters. The van der Waals surface area contributed by atoms with Gasteiger partial charge in [0.05, 0.1) is 13.7 Å². The van der Waals surface area contributed by atoms with Crippen LogP contribution < -0.4 is 10.1 Å². The van der Waals surface area contributed by atoms with Crippen LogP contribution >= 0.6 is 15.2 Å². The van der Waals surface area contributed by atoms with Crippen LogP contribution in [-0.2, 0) is 25.4 Å². The number of rotatable bonds is 9. The minimum atomic E-state index is -4.83. The van der Waals surface area contributed by atoms with Crippen LogP contribution in [0.4, 0.5) is 10.2 Å². The van der Waals surface area contributed by atoms with Crippen LogP contribution in [0.25, 0.3) is 11.0 Å². The normalized spacial score (nSPS) is 27.4. The summed E-state index contributed by atoms with van der Waals surface area (Å²) in [7, 11) is -6.38. The summed E-state index contributed by atoms with van der Waals surface area (Å²) in [5.41, 5.74) is 1.27. The maximum absolute atomic E-state index is 15.2. The SMILES string of the molecule is COc1nc(NC2CCCC2)c2c(n1)c([C@@H]1O[C@H](COP(=O)(O)CP(=O)(O)O)[C@@H](O)[C@@H]1F)cn2C. The summed E-state index contributed by atoms with van der Waals surface area (Å²) in [5, 5.41) is 13.8.